The summed E-state index contributed by atoms with van der Waals surface area (Å²) >= 11 is 0. The monoisotopic (exact) mass is 440 g/mol. The maximum atomic E-state index is 13.8. The molecule has 30 heavy (non-hydrogen) atoms. The number of carbonyl (C=O) groups excluding carboxylic acids is 1. The Labute approximate surface area is 177 Å². The van der Waals surface area contributed by atoms with Crippen LogP contribution in [0.1, 0.15) is 52.1 Å². The topological polar surface area (TPSA) is 97.6 Å². The number of para-hydroxylation sites is 1. The van der Waals surface area contributed by atoms with Crippen LogP contribution in [-0.4, -0.2) is 32.5 Å². The lowest BCUT2D eigenvalue weighted by atomic mass is 9.87. The molecule has 0 radical (unpaired) electrons. The van der Waals surface area contributed by atoms with Gasteiger partial charge in [0.05, 0.1) is 6.04 Å². The van der Waals surface area contributed by atoms with E-state index in [-0.39, 0.29) is 23.2 Å². The minimum atomic E-state index is -3.90. The highest BCUT2D eigenvalue weighted by Crippen LogP contribution is 2.23. The molecule has 2 rings (SSSR count). The Morgan fingerprint density at radius 2 is 1.73 bits per heavy atom. The number of benzene rings is 1. The van der Waals surface area contributed by atoms with Crippen LogP contribution in [0.15, 0.2) is 45.9 Å². The maximum Gasteiger partial charge on any atom is 0.287 e. The van der Waals surface area contributed by atoms with E-state index < -0.39 is 38.7 Å². The van der Waals surface area contributed by atoms with Crippen molar-refractivity contribution in [2.24, 2.45) is 5.41 Å². The second-order valence-corrected chi connectivity index (χ2v) is 10.7. The highest BCUT2D eigenvalue weighted by molar-refractivity contribution is 7.89. The number of halogens is 1. The van der Waals surface area contributed by atoms with Gasteiger partial charge in [0.2, 0.25) is 5.09 Å². The lowest BCUT2D eigenvalue weighted by Crippen LogP contribution is -2.47. The van der Waals surface area contributed by atoms with Crippen molar-refractivity contribution in [3.8, 4) is 5.75 Å². The molecule has 0 aliphatic carbocycles. The molecule has 0 fully saturated rings. The number of hydrogen-bond acceptors (Lipinski definition) is 5. The van der Waals surface area contributed by atoms with Gasteiger partial charge in [-0.05, 0) is 50.5 Å². The van der Waals surface area contributed by atoms with E-state index in [2.05, 4.69) is 10.0 Å². The van der Waals surface area contributed by atoms with E-state index in [0.29, 0.717) is 0 Å². The standard InChI is InChI=1S/C21H29FN2O5S/c1-20(2,3)17(13-28-15-10-8-7-9-14(15)22)23-19(25)16-11-12-18(29-16)30(26,27)24-21(4,5)6/h7-12,17,24H,13H2,1-6H3,(H,23,25). The normalized spacial score (nSPS) is 13.7. The molecule has 1 aromatic heterocycles. The molecule has 9 heteroatoms. The van der Waals surface area contributed by atoms with Crippen LogP contribution in [0.5, 0.6) is 5.75 Å². The zero-order valence-corrected chi connectivity index (χ0v) is 18.9. The van der Waals surface area contributed by atoms with Gasteiger partial charge in [-0.15, -0.1) is 0 Å². The highest BCUT2D eigenvalue weighted by Gasteiger charge is 2.30. The first-order valence-corrected chi connectivity index (χ1v) is 11.0. The van der Waals surface area contributed by atoms with Crippen molar-refractivity contribution in [1.29, 1.82) is 0 Å². The zero-order valence-electron chi connectivity index (χ0n) is 18.1. The second-order valence-electron chi connectivity index (χ2n) is 9.11. The van der Waals surface area contributed by atoms with Crippen molar-refractivity contribution in [2.45, 2.75) is 58.2 Å². The summed E-state index contributed by atoms with van der Waals surface area (Å²) in [5.41, 5.74) is -1.12. The Balaban J connectivity index is 2.13. The molecule has 2 aromatic rings. The number of rotatable bonds is 7. The predicted molar refractivity (Wildman–Crippen MR) is 111 cm³/mol. The molecular formula is C21H29FN2O5S. The number of furan rings is 1. The lowest BCUT2D eigenvalue weighted by molar-refractivity contribution is 0.0827. The van der Waals surface area contributed by atoms with Crippen molar-refractivity contribution in [2.75, 3.05) is 6.61 Å². The molecule has 0 saturated heterocycles. The molecule has 0 aliphatic rings. The summed E-state index contributed by atoms with van der Waals surface area (Å²) in [5, 5.41) is 2.43. The largest absolute Gasteiger partial charge is 0.488 e. The summed E-state index contributed by atoms with van der Waals surface area (Å²) in [6, 6.07) is 8.03. The summed E-state index contributed by atoms with van der Waals surface area (Å²) < 4.78 is 51.8. The summed E-state index contributed by atoms with van der Waals surface area (Å²) in [6.07, 6.45) is 0. The molecule has 1 aromatic carbocycles. The first-order valence-electron chi connectivity index (χ1n) is 9.51. The van der Waals surface area contributed by atoms with E-state index in [4.69, 9.17) is 9.15 Å². The minimum Gasteiger partial charge on any atom is -0.488 e. The maximum absolute atomic E-state index is 13.8. The Bertz CT molecular complexity index is 987. The van der Waals surface area contributed by atoms with Crippen LogP contribution in [0.4, 0.5) is 4.39 Å². The molecule has 1 unspecified atom stereocenters. The number of carbonyl (C=O) groups is 1. The van der Waals surface area contributed by atoms with E-state index >= 15 is 0 Å². The van der Waals surface area contributed by atoms with Crippen molar-refractivity contribution < 1.29 is 26.8 Å². The summed E-state index contributed by atoms with van der Waals surface area (Å²) in [4.78, 5) is 12.7. The van der Waals surface area contributed by atoms with Crippen LogP contribution < -0.4 is 14.8 Å². The third-order valence-corrected chi connectivity index (χ3v) is 5.73. The third kappa shape index (κ3) is 6.56. The smallest absolute Gasteiger partial charge is 0.287 e. The number of sulfonamides is 1. The number of hydrogen-bond donors (Lipinski definition) is 2. The number of nitrogens with one attached hydrogen (secondary N) is 2. The third-order valence-electron chi connectivity index (χ3n) is 4.10. The molecule has 0 spiro atoms. The molecule has 7 nitrogen and oxygen atoms in total. The number of amides is 1. The zero-order chi connectivity index (χ0) is 22.7. The van der Waals surface area contributed by atoms with Crippen molar-refractivity contribution in [3.05, 3.63) is 48.0 Å². The van der Waals surface area contributed by atoms with E-state index in [1.807, 2.05) is 20.8 Å². The Morgan fingerprint density at radius 3 is 2.30 bits per heavy atom. The summed E-state index contributed by atoms with van der Waals surface area (Å²) in [6.45, 7) is 10.8. The molecule has 2 N–H and O–H groups in total. The van der Waals surface area contributed by atoms with Crippen molar-refractivity contribution in [1.82, 2.24) is 10.0 Å². The quantitative estimate of drug-likeness (QED) is 0.684. The van der Waals surface area contributed by atoms with Crippen LogP contribution in [0, 0.1) is 11.2 Å². The molecular weight excluding hydrogens is 411 g/mol. The van der Waals surface area contributed by atoms with Gasteiger partial charge >= 0.3 is 0 Å². The van der Waals surface area contributed by atoms with Crippen LogP contribution in [-0.2, 0) is 10.0 Å². The van der Waals surface area contributed by atoms with Crippen molar-refractivity contribution in [3.63, 3.8) is 0 Å². The second kappa shape index (κ2) is 8.77. The van der Waals surface area contributed by atoms with Gasteiger partial charge in [0.1, 0.15) is 6.61 Å². The van der Waals surface area contributed by atoms with Gasteiger partial charge in [-0.1, -0.05) is 32.9 Å². The van der Waals surface area contributed by atoms with Gasteiger partial charge < -0.3 is 14.5 Å². The van der Waals surface area contributed by atoms with E-state index in [0.717, 1.165) is 0 Å². The molecule has 1 amide bonds. The van der Waals surface area contributed by atoms with Crippen molar-refractivity contribution >= 4 is 15.9 Å². The molecule has 0 bridgehead atoms. The van der Waals surface area contributed by atoms with Gasteiger partial charge in [-0.25, -0.2) is 17.5 Å². The molecule has 1 atom stereocenters. The summed E-state index contributed by atoms with van der Waals surface area (Å²) in [7, 11) is -3.90. The minimum absolute atomic E-state index is 0.0214. The molecule has 1 heterocycles. The molecule has 166 valence electrons. The number of ether oxygens (including phenoxy) is 1. The van der Waals surface area contributed by atoms with E-state index in [1.165, 1.54) is 24.3 Å². The first kappa shape index (κ1) is 23.9. The van der Waals surface area contributed by atoms with E-state index in [9.17, 15) is 17.6 Å². The molecule has 0 saturated carbocycles. The average Bonchev–Trinajstić information content (AvgIpc) is 3.08. The van der Waals surface area contributed by atoms with Crippen LogP contribution in [0.25, 0.3) is 0 Å². The first-order chi connectivity index (χ1) is 13.7. The van der Waals surface area contributed by atoms with Gasteiger partial charge in [-0.2, -0.15) is 0 Å². The summed E-state index contributed by atoms with van der Waals surface area (Å²) in [5.74, 6) is -1.15. The average molecular weight is 441 g/mol. The Morgan fingerprint density at radius 1 is 1.10 bits per heavy atom. The Kier molecular flexibility index (Phi) is 6.98. The van der Waals surface area contributed by atoms with Crippen LogP contribution in [0.3, 0.4) is 0 Å². The molecule has 0 aliphatic heterocycles. The van der Waals surface area contributed by atoms with Gasteiger partial charge in [-0.3, -0.25) is 4.79 Å². The van der Waals surface area contributed by atoms with Crippen LogP contribution >= 0.6 is 0 Å². The fraction of sp³-hybridized carbons (Fsp3) is 0.476. The fourth-order valence-corrected chi connectivity index (χ4v) is 3.87. The SMILES string of the molecule is CC(C)(C)NS(=O)(=O)c1ccc(C(=O)NC(COc2ccccc2F)C(C)(C)C)o1. The van der Waals surface area contributed by atoms with Crippen LogP contribution in [0.2, 0.25) is 0 Å². The van der Waals surface area contributed by atoms with Gasteiger partial charge in [0.15, 0.2) is 17.3 Å². The Hall–Kier alpha value is -2.39. The lowest BCUT2D eigenvalue weighted by Gasteiger charge is -2.31. The highest BCUT2D eigenvalue weighted by atomic mass is 32.2. The van der Waals surface area contributed by atoms with Gasteiger partial charge in [0.25, 0.3) is 15.9 Å². The van der Waals surface area contributed by atoms with Gasteiger partial charge in [0, 0.05) is 5.54 Å². The fourth-order valence-electron chi connectivity index (χ4n) is 2.51. The predicted octanol–water partition coefficient (Wildman–Crippen LogP) is 3.72. The van der Waals surface area contributed by atoms with E-state index in [1.54, 1.807) is 32.9 Å².